The van der Waals surface area contributed by atoms with Crippen LogP contribution >= 0.6 is 27.7 Å². The van der Waals surface area contributed by atoms with E-state index in [1.165, 1.54) is 17.3 Å². The maximum atomic E-state index is 13.0. The van der Waals surface area contributed by atoms with Crippen LogP contribution in [0.4, 0.5) is 0 Å². The standard InChI is InChI=1S/C20H21BrN2O3S/c1-13-4-7-18(26-3)14(10-13)12-27-20-22-17-6-5-15(21)11-16(17)19(24)23(20)8-9-25-2/h4-7,10-11H,8-9,12H2,1-3H3. The number of methoxy groups -OCH3 is 2. The largest absolute Gasteiger partial charge is 0.496 e. The van der Waals surface area contributed by atoms with Crippen LogP contribution in [0.25, 0.3) is 10.9 Å². The number of hydrogen-bond donors (Lipinski definition) is 0. The minimum Gasteiger partial charge on any atom is -0.496 e. The number of benzene rings is 2. The highest BCUT2D eigenvalue weighted by Gasteiger charge is 2.13. The number of aromatic nitrogens is 2. The first-order chi connectivity index (χ1) is 13.0. The van der Waals surface area contributed by atoms with Gasteiger partial charge in [0.05, 0.1) is 31.2 Å². The molecule has 0 N–H and O–H groups in total. The molecule has 0 saturated heterocycles. The zero-order valence-corrected chi connectivity index (χ0v) is 17.9. The Kier molecular flexibility index (Phi) is 6.57. The van der Waals surface area contributed by atoms with E-state index in [0.29, 0.717) is 35.0 Å². The number of rotatable bonds is 7. The van der Waals surface area contributed by atoms with Crippen LogP contribution in [0, 0.1) is 6.92 Å². The van der Waals surface area contributed by atoms with Crippen molar-refractivity contribution >= 4 is 38.6 Å². The van der Waals surface area contributed by atoms with Gasteiger partial charge in [0.2, 0.25) is 0 Å². The highest BCUT2D eigenvalue weighted by molar-refractivity contribution is 9.10. The van der Waals surface area contributed by atoms with Gasteiger partial charge in [0.25, 0.3) is 5.56 Å². The van der Waals surface area contributed by atoms with Gasteiger partial charge in [-0.2, -0.15) is 0 Å². The topological polar surface area (TPSA) is 53.4 Å². The molecular formula is C20H21BrN2O3S. The predicted molar refractivity (Wildman–Crippen MR) is 113 cm³/mol. The Labute approximate surface area is 170 Å². The van der Waals surface area contributed by atoms with Crippen molar-refractivity contribution in [2.45, 2.75) is 24.4 Å². The summed E-state index contributed by atoms with van der Waals surface area (Å²) in [5.74, 6) is 1.50. The summed E-state index contributed by atoms with van der Waals surface area (Å²) in [7, 11) is 3.29. The summed E-state index contributed by atoms with van der Waals surface area (Å²) in [5, 5.41) is 1.27. The zero-order chi connectivity index (χ0) is 19.4. The van der Waals surface area contributed by atoms with Gasteiger partial charge < -0.3 is 9.47 Å². The van der Waals surface area contributed by atoms with Gasteiger partial charge in [-0.1, -0.05) is 45.4 Å². The van der Waals surface area contributed by atoms with Crippen LogP contribution in [0.5, 0.6) is 5.75 Å². The van der Waals surface area contributed by atoms with Crippen molar-refractivity contribution in [2.24, 2.45) is 0 Å². The highest BCUT2D eigenvalue weighted by Crippen LogP contribution is 2.28. The van der Waals surface area contributed by atoms with E-state index in [1.807, 2.05) is 37.3 Å². The first-order valence-corrected chi connectivity index (χ1v) is 10.3. The average Bonchev–Trinajstić information content (AvgIpc) is 2.66. The molecule has 7 heteroatoms. The minimum absolute atomic E-state index is 0.0583. The van der Waals surface area contributed by atoms with Gasteiger partial charge in [-0.3, -0.25) is 9.36 Å². The third kappa shape index (κ3) is 4.54. The van der Waals surface area contributed by atoms with E-state index in [1.54, 1.807) is 18.8 Å². The normalized spacial score (nSPS) is 11.1. The summed E-state index contributed by atoms with van der Waals surface area (Å²) in [6.45, 7) is 2.95. The fraction of sp³-hybridized carbons (Fsp3) is 0.300. The lowest BCUT2D eigenvalue weighted by molar-refractivity contribution is 0.183. The number of aryl methyl sites for hydroxylation is 1. The Morgan fingerprint density at radius 2 is 2.00 bits per heavy atom. The average molecular weight is 449 g/mol. The van der Waals surface area contributed by atoms with Gasteiger partial charge >= 0.3 is 0 Å². The van der Waals surface area contributed by atoms with Gasteiger partial charge in [-0.15, -0.1) is 0 Å². The number of hydrogen-bond acceptors (Lipinski definition) is 5. The lowest BCUT2D eigenvalue weighted by atomic mass is 10.1. The predicted octanol–water partition coefficient (Wildman–Crippen LogP) is 4.41. The number of fused-ring (bicyclic) bond motifs is 1. The molecule has 0 saturated carbocycles. The van der Waals surface area contributed by atoms with Gasteiger partial charge in [-0.05, 0) is 31.2 Å². The SMILES string of the molecule is COCCn1c(SCc2cc(C)ccc2OC)nc2ccc(Br)cc2c1=O. The van der Waals surface area contributed by atoms with Crippen molar-refractivity contribution in [3.63, 3.8) is 0 Å². The molecule has 0 bridgehead atoms. The van der Waals surface area contributed by atoms with Crippen LogP contribution in [0.15, 0.2) is 50.8 Å². The highest BCUT2D eigenvalue weighted by atomic mass is 79.9. The van der Waals surface area contributed by atoms with Gasteiger partial charge in [0, 0.05) is 22.9 Å². The number of halogens is 1. The summed E-state index contributed by atoms with van der Waals surface area (Å²) in [5.41, 5.74) is 2.87. The smallest absolute Gasteiger partial charge is 0.262 e. The van der Waals surface area contributed by atoms with Crippen molar-refractivity contribution in [1.29, 1.82) is 0 Å². The van der Waals surface area contributed by atoms with Crippen molar-refractivity contribution < 1.29 is 9.47 Å². The third-order valence-corrected chi connectivity index (χ3v) is 5.71. The summed E-state index contributed by atoms with van der Waals surface area (Å²) in [6, 6.07) is 11.7. The van der Waals surface area contributed by atoms with Crippen LogP contribution in [-0.2, 0) is 17.0 Å². The van der Waals surface area contributed by atoms with E-state index in [-0.39, 0.29) is 5.56 Å². The first-order valence-electron chi connectivity index (χ1n) is 8.49. The van der Waals surface area contributed by atoms with E-state index >= 15 is 0 Å². The maximum Gasteiger partial charge on any atom is 0.262 e. The molecular weight excluding hydrogens is 428 g/mol. The summed E-state index contributed by atoms with van der Waals surface area (Å²) >= 11 is 4.95. The molecule has 3 aromatic rings. The fourth-order valence-electron chi connectivity index (χ4n) is 2.83. The molecule has 0 aliphatic rings. The zero-order valence-electron chi connectivity index (χ0n) is 15.5. The van der Waals surface area contributed by atoms with Crippen LogP contribution in [-0.4, -0.2) is 30.4 Å². The van der Waals surface area contributed by atoms with Crippen molar-refractivity contribution in [3.8, 4) is 5.75 Å². The molecule has 0 amide bonds. The van der Waals surface area contributed by atoms with E-state index in [4.69, 9.17) is 14.5 Å². The Morgan fingerprint density at radius 1 is 1.19 bits per heavy atom. The summed E-state index contributed by atoms with van der Waals surface area (Å²) < 4.78 is 13.2. The molecule has 5 nitrogen and oxygen atoms in total. The Balaban J connectivity index is 2.01. The van der Waals surface area contributed by atoms with Crippen LogP contribution < -0.4 is 10.3 Å². The Morgan fingerprint density at radius 3 is 2.74 bits per heavy atom. The van der Waals surface area contributed by atoms with Crippen molar-refractivity contribution in [3.05, 3.63) is 62.4 Å². The molecule has 1 heterocycles. The number of ether oxygens (including phenoxy) is 2. The van der Waals surface area contributed by atoms with E-state index in [2.05, 4.69) is 22.0 Å². The van der Waals surface area contributed by atoms with Gasteiger partial charge in [-0.25, -0.2) is 4.98 Å². The molecule has 3 rings (SSSR count). The fourth-order valence-corrected chi connectivity index (χ4v) is 4.19. The molecule has 0 radical (unpaired) electrons. The summed E-state index contributed by atoms with van der Waals surface area (Å²) in [6.07, 6.45) is 0. The van der Waals surface area contributed by atoms with Crippen molar-refractivity contribution in [1.82, 2.24) is 9.55 Å². The van der Waals surface area contributed by atoms with Crippen LogP contribution in [0.2, 0.25) is 0 Å². The Bertz CT molecular complexity index is 1020. The Hall–Kier alpha value is -1.83. The third-order valence-electron chi connectivity index (χ3n) is 4.19. The molecule has 27 heavy (non-hydrogen) atoms. The molecule has 0 atom stereocenters. The molecule has 2 aromatic carbocycles. The molecule has 1 aromatic heterocycles. The number of thioether (sulfide) groups is 1. The molecule has 142 valence electrons. The minimum atomic E-state index is -0.0583. The molecule has 0 aliphatic heterocycles. The van der Waals surface area contributed by atoms with Crippen molar-refractivity contribution in [2.75, 3.05) is 20.8 Å². The number of nitrogens with zero attached hydrogens (tertiary/aromatic N) is 2. The van der Waals surface area contributed by atoms with E-state index < -0.39 is 0 Å². The van der Waals surface area contributed by atoms with Gasteiger partial charge in [0.1, 0.15) is 5.75 Å². The van der Waals surface area contributed by atoms with Crippen LogP contribution in [0.3, 0.4) is 0 Å². The molecule has 0 unspecified atom stereocenters. The first kappa shape index (κ1) is 19.9. The second kappa shape index (κ2) is 8.91. The molecule has 0 aliphatic carbocycles. The van der Waals surface area contributed by atoms with E-state index in [0.717, 1.165) is 15.8 Å². The second-order valence-corrected chi connectivity index (χ2v) is 7.97. The molecule has 0 fully saturated rings. The molecule has 0 spiro atoms. The van der Waals surface area contributed by atoms with E-state index in [9.17, 15) is 4.79 Å². The summed E-state index contributed by atoms with van der Waals surface area (Å²) in [4.78, 5) is 17.7. The lowest BCUT2D eigenvalue weighted by Crippen LogP contribution is -2.25. The second-order valence-electron chi connectivity index (χ2n) is 6.11. The monoisotopic (exact) mass is 448 g/mol. The lowest BCUT2D eigenvalue weighted by Gasteiger charge is -2.14. The maximum absolute atomic E-state index is 13.0. The quantitative estimate of drug-likeness (QED) is 0.395. The van der Waals surface area contributed by atoms with Crippen LogP contribution in [0.1, 0.15) is 11.1 Å². The van der Waals surface area contributed by atoms with Gasteiger partial charge in [0.15, 0.2) is 5.16 Å².